The van der Waals surface area contributed by atoms with Gasteiger partial charge in [0.15, 0.2) is 0 Å². The zero-order valence-corrected chi connectivity index (χ0v) is 15.2. The van der Waals surface area contributed by atoms with Crippen LogP contribution in [0.3, 0.4) is 0 Å². The van der Waals surface area contributed by atoms with Gasteiger partial charge in [-0.3, -0.25) is 4.79 Å². The van der Waals surface area contributed by atoms with Gasteiger partial charge in [-0.05, 0) is 51.4 Å². The summed E-state index contributed by atoms with van der Waals surface area (Å²) in [7, 11) is 0. The first-order chi connectivity index (χ1) is 13.8. The van der Waals surface area contributed by atoms with Gasteiger partial charge in [0.1, 0.15) is 12.4 Å². The molecule has 0 saturated carbocycles. The van der Waals surface area contributed by atoms with Gasteiger partial charge in [0.05, 0.1) is 0 Å². The maximum Gasteiger partial charge on any atom is 0.249 e. The number of carbonyl (C=O) groups excluding carboxylic acids is 1. The van der Waals surface area contributed by atoms with Crippen molar-refractivity contribution in [3.8, 4) is 0 Å². The summed E-state index contributed by atoms with van der Waals surface area (Å²) in [6, 6.07) is 19.8. The van der Waals surface area contributed by atoms with E-state index in [1.807, 2.05) is 36.4 Å². The van der Waals surface area contributed by atoms with Crippen LogP contribution in [-0.2, 0) is 24.1 Å². The molecule has 1 atom stereocenters. The Morgan fingerprint density at radius 1 is 1.00 bits per heavy atom. The van der Waals surface area contributed by atoms with Crippen LogP contribution < -0.4 is 5.32 Å². The Labute approximate surface area is 162 Å². The minimum Gasteiger partial charge on any atom is -0.324 e. The van der Waals surface area contributed by atoms with Crippen LogP contribution in [0.2, 0.25) is 0 Å². The Morgan fingerprint density at radius 2 is 1.82 bits per heavy atom. The number of aryl methyl sites for hydroxylation is 2. The summed E-state index contributed by atoms with van der Waals surface area (Å²) in [6.45, 7) is 0. The molecule has 28 heavy (non-hydrogen) atoms. The summed E-state index contributed by atoms with van der Waals surface area (Å²) in [4.78, 5) is 13.2. The quantitative estimate of drug-likeness (QED) is 0.586. The predicted octanol–water partition coefficient (Wildman–Crippen LogP) is 3.35. The lowest BCUT2D eigenvalue weighted by molar-refractivity contribution is -0.119. The SMILES string of the molecule is O=C(Nc1ccc2c3c(cccc13)CC2)C(Cc1ccccc1)n1cnnn1. The molecular weight excluding hydrogens is 350 g/mol. The van der Waals surface area contributed by atoms with E-state index in [9.17, 15) is 4.79 Å². The standard InChI is InChI=1S/C22H19N5O/c28-22(20(27-14-23-25-26-27)13-15-5-2-1-3-6-15)24-19-12-11-17-10-9-16-7-4-8-18(19)21(16)17/h1-8,11-12,14,20H,9-10,13H2,(H,24,28). The van der Waals surface area contributed by atoms with Gasteiger partial charge in [0.2, 0.25) is 5.91 Å². The average Bonchev–Trinajstić information content (AvgIpc) is 3.40. The summed E-state index contributed by atoms with van der Waals surface area (Å²) in [5, 5.41) is 16.9. The Hall–Kier alpha value is -3.54. The fourth-order valence-corrected chi connectivity index (χ4v) is 4.03. The maximum atomic E-state index is 13.2. The van der Waals surface area contributed by atoms with Crippen LogP contribution in [0.4, 0.5) is 5.69 Å². The van der Waals surface area contributed by atoms with Gasteiger partial charge in [-0.25, -0.2) is 4.68 Å². The van der Waals surface area contributed by atoms with E-state index in [1.165, 1.54) is 27.5 Å². The van der Waals surface area contributed by atoms with E-state index in [2.05, 4.69) is 45.1 Å². The Bertz CT molecular complexity index is 1130. The van der Waals surface area contributed by atoms with Crippen LogP contribution in [0.1, 0.15) is 22.7 Å². The second kappa shape index (κ2) is 6.88. The highest BCUT2D eigenvalue weighted by Gasteiger charge is 2.24. The second-order valence-corrected chi connectivity index (χ2v) is 7.10. The van der Waals surface area contributed by atoms with Crippen LogP contribution >= 0.6 is 0 Å². The largest absolute Gasteiger partial charge is 0.324 e. The summed E-state index contributed by atoms with van der Waals surface area (Å²) in [5.41, 5.74) is 4.59. The van der Waals surface area contributed by atoms with E-state index < -0.39 is 6.04 Å². The van der Waals surface area contributed by atoms with Crippen LogP contribution in [0.25, 0.3) is 10.8 Å². The molecule has 1 aromatic heterocycles. The first-order valence-corrected chi connectivity index (χ1v) is 9.40. The molecule has 4 aromatic rings. The van der Waals surface area contributed by atoms with E-state index >= 15 is 0 Å². The molecule has 1 unspecified atom stereocenters. The molecule has 0 saturated heterocycles. The molecule has 1 aliphatic rings. The molecular formula is C22H19N5O. The zero-order valence-electron chi connectivity index (χ0n) is 15.2. The lowest BCUT2D eigenvalue weighted by Crippen LogP contribution is -2.28. The van der Waals surface area contributed by atoms with Crippen LogP contribution in [0.15, 0.2) is 67.0 Å². The molecule has 0 fully saturated rings. The number of benzene rings is 3. The van der Waals surface area contributed by atoms with Crippen molar-refractivity contribution in [2.75, 3.05) is 5.32 Å². The number of rotatable bonds is 5. The second-order valence-electron chi connectivity index (χ2n) is 7.10. The van der Waals surface area contributed by atoms with E-state index in [4.69, 9.17) is 0 Å². The smallest absolute Gasteiger partial charge is 0.249 e. The molecule has 1 N–H and O–H groups in total. The van der Waals surface area contributed by atoms with Crippen molar-refractivity contribution >= 4 is 22.4 Å². The van der Waals surface area contributed by atoms with Crippen molar-refractivity contribution in [2.45, 2.75) is 25.3 Å². The molecule has 0 aliphatic heterocycles. The minimum atomic E-state index is -0.527. The van der Waals surface area contributed by atoms with E-state index in [0.29, 0.717) is 6.42 Å². The lowest BCUT2D eigenvalue weighted by Gasteiger charge is -2.18. The summed E-state index contributed by atoms with van der Waals surface area (Å²) in [6.07, 6.45) is 4.12. The van der Waals surface area contributed by atoms with Gasteiger partial charge in [0.25, 0.3) is 0 Å². The molecule has 1 amide bonds. The van der Waals surface area contributed by atoms with Gasteiger partial charge in [-0.1, -0.05) is 54.6 Å². The van der Waals surface area contributed by atoms with Crippen molar-refractivity contribution in [3.63, 3.8) is 0 Å². The first kappa shape index (κ1) is 16.6. The number of aromatic nitrogens is 4. The van der Waals surface area contributed by atoms with E-state index in [0.717, 1.165) is 29.5 Å². The van der Waals surface area contributed by atoms with E-state index in [-0.39, 0.29) is 5.91 Å². The van der Waals surface area contributed by atoms with Crippen molar-refractivity contribution < 1.29 is 4.79 Å². The Balaban J connectivity index is 1.48. The van der Waals surface area contributed by atoms with Crippen molar-refractivity contribution in [1.82, 2.24) is 20.2 Å². The number of hydrogen-bond acceptors (Lipinski definition) is 4. The highest BCUT2D eigenvalue weighted by molar-refractivity contribution is 6.05. The minimum absolute atomic E-state index is 0.130. The van der Waals surface area contributed by atoms with Crippen molar-refractivity contribution in [2.24, 2.45) is 0 Å². The third-order valence-corrected chi connectivity index (χ3v) is 5.39. The molecule has 0 bridgehead atoms. The summed E-state index contributed by atoms with van der Waals surface area (Å²) in [5.74, 6) is -0.130. The maximum absolute atomic E-state index is 13.2. The average molecular weight is 369 g/mol. The van der Waals surface area contributed by atoms with Gasteiger partial charge >= 0.3 is 0 Å². The van der Waals surface area contributed by atoms with Crippen molar-refractivity contribution in [1.29, 1.82) is 0 Å². The fourth-order valence-electron chi connectivity index (χ4n) is 4.03. The number of carbonyl (C=O) groups is 1. The highest BCUT2D eigenvalue weighted by Crippen LogP contribution is 2.35. The molecule has 6 heteroatoms. The summed E-state index contributed by atoms with van der Waals surface area (Å²) < 4.78 is 1.52. The zero-order chi connectivity index (χ0) is 18.9. The van der Waals surface area contributed by atoms with Gasteiger partial charge in [0, 0.05) is 17.5 Å². The van der Waals surface area contributed by atoms with E-state index in [1.54, 1.807) is 0 Å². The number of tetrazole rings is 1. The number of hydrogen-bond donors (Lipinski definition) is 1. The number of amides is 1. The third-order valence-electron chi connectivity index (χ3n) is 5.39. The number of nitrogens with zero attached hydrogens (tertiary/aromatic N) is 4. The molecule has 1 aliphatic carbocycles. The monoisotopic (exact) mass is 369 g/mol. The summed E-state index contributed by atoms with van der Waals surface area (Å²) >= 11 is 0. The molecule has 3 aromatic carbocycles. The number of nitrogens with one attached hydrogen (secondary N) is 1. The van der Waals surface area contributed by atoms with Crippen molar-refractivity contribution in [3.05, 3.63) is 83.7 Å². The molecule has 0 radical (unpaired) electrons. The Kier molecular flexibility index (Phi) is 4.09. The third kappa shape index (κ3) is 2.93. The lowest BCUT2D eigenvalue weighted by atomic mass is 10.0. The Morgan fingerprint density at radius 3 is 2.61 bits per heavy atom. The molecule has 0 spiro atoms. The molecule has 1 heterocycles. The van der Waals surface area contributed by atoms with Crippen LogP contribution in [-0.4, -0.2) is 26.1 Å². The first-order valence-electron chi connectivity index (χ1n) is 9.40. The predicted molar refractivity (Wildman–Crippen MR) is 107 cm³/mol. The highest BCUT2D eigenvalue weighted by atomic mass is 16.2. The van der Waals surface area contributed by atoms with Gasteiger partial charge in [-0.15, -0.1) is 5.10 Å². The van der Waals surface area contributed by atoms with Gasteiger partial charge < -0.3 is 5.32 Å². The van der Waals surface area contributed by atoms with Gasteiger partial charge in [-0.2, -0.15) is 0 Å². The normalized spacial score (nSPS) is 13.6. The molecule has 5 rings (SSSR count). The number of anilines is 1. The molecule has 6 nitrogen and oxygen atoms in total. The molecule has 138 valence electrons. The van der Waals surface area contributed by atoms with Crippen LogP contribution in [0, 0.1) is 0 Å². The fraction of sp³-hybridized carbons (Fsp3) is 0.182. The topological polar surface area (TPSA) is 72.7 Å². The van der Waals surface area contributed by atoms with Crippen LogP contribution in [0.5, 0.6) is 0 Å².